The van der Waals surface area contributed by atoms with Gasteiger partial charge in [-0.05, 0) is 46.3 Å². The number of hydrogen-bond donors (Lipinski definition) is 1. The van der Waals surface area contributed by atoms with Crippen LogP contribution in [0.25, 0.3) is 0 Å². The van der Waals surface area contributed by atoms with E-state index in [-0.39, 0.29) is 6.04 Å². The molecule has 2 fully saturated rings. The van der Waals surface area contributed by atoms with Crippen molar-refractivity contribution in [2.75, 3.05) is 46.8 Å². The molecule has 0 bridgehead atoms. The Morgan fingerprint density at radius 2 is 1.95 bits per heavy atom. The highest BCUT2D eigenvalue weighted by molar-refractivity contribution is 5.77. The van der Waals surface area contributed by atoms with Crippen molar-refractivity contribution in [1.82, 2.24) is 14.7 Å². The fraction of sp³-hybridized carbons (Fsp3) is 0.933. The average Bonchev–Trinajstić information content (AvgIpc) is 3.06. The van der Waals surface area contributed by atoms with E-state index in [1.807, 2.05) is 4.90 Å². The van der Waals surface area contributed by atoms with E-state index in [2.05, 4.69) is 23.9 Å². The third-order valence-electron chi connectivity index (χ3n) is 4.61. The zero-order valence-corrected chi connectivity index (χ0v) is 13.1. The molecule has 2 aliphatic heterocycles. The molecule has 2 unspecified atom stereocenters. The van der Waals surface area contributed by atoms with Crippen molar-refractivity contribution in [3.63, 3.8) is 0 Å². The Bertz CT molecular complexity index is 315. The van der Waals surface area contributed by atoms with Crippen LogP contribution in [0.3, 0.4) is 0 Å². The summed E-state index contributed by atoms with van der Waals surface area (Å²) in [6.45, 7) is 4.63. The molecule has 0 saturated carbocycles. The number of carbonyl (C=O) groups is 1. The quantitative estimate of drug-likeness (QED) is 0.764. The lowest BCUT2D eigenvalue weighted by molar-refractivity contribution is -0.131. The first kappa shape index (κ1) is 15.7. The van der Waals surface area contributed by atoms with Crippen molar-refractivity contribution in [2.45, 2.75) is 44.2 Å². The molecule has 20 heavy (non-hydrogen) atoms. The van der Waals surface area contributed by atoms with Gasteiger partial charge in [0, 0.05) is 44.7 Å². The maximum Gasteiger partial charge on any atom is 0.224 e. The Hall–Kier alpha value is -0.650. The van der Waals surface area contributed by atoms with Gasteiger partial charge < -0.3 is 15.5 Å². The molecule has 0 aromatic carbocycles. The summed E-state index contributed by atoms with van der Waals surface area (Å²) in [6, 6.07) is 0.778. The number of likely N-dealkylation sites (N-methyl/N-ethyl adjacent to an activating group) is 1. The normalized spacial score (nSPS) is 25.6. The molecule has 0 aromatic heterocycles. The van der Waals surface area contributed by atoms with Crippen molar-refractivity contribution in [1.29, 1.82) is 0 Å². The fourth-order valence-corrected chi connectivity index (χ4v) is 3.59. The number of amides is 1. The van der Waals surface area contributed by atoms with Gasteiger partial charge in [0.15, 0.2) is 0 Å². The molecule has 5 nitrogen and oxygen atoms in total. The van der Waals surface area contributed by atoms with Crippen LogP contribution >= 0.6 is 0 Å². The van der Waals surface area contributed by atoms with Crippen LogP contribution < -0.4 is 5.73 Å². The summed E-state index contributed by atoms with van der Waals surface area (Å²) in [4.78, 5) is 19.1. The highest BCUT2D eigenvalue weighted by Crippen LogP contribution is 2.22. The van der Waals surface area contributed by atoms with Crippen molar-refractivity contribution in [3.8, 4) is 0 Å². The Labute approximate surface area is 123 Å². The maximum atomic E-state index is 12.3. The van der Waals surface area contributed by atoms with E-state index >= 15 is 0 Å². The average molecular weight is 282 g/mol. The number of nitrogens with two attached hydrogens (primary N) is 1. The summed E-state index contributed by atoms with van der Waals surface area (Å²) in [5.41, 5.74) is 5.97. The number of nitrogens with zero attached hydrogens (tertiary/aromatic N) is 3. The molecule has 0 spiro atoms. The minimum Gasteiger partial charge on any atom is -0.343 e. The van der Waals surface area contributed by atoms with Crippen LogP contribution in [-0.4, -0.2) is 79.5 Å². The Balaban J connectivity index is 1.90. The molecule has 1 amide bonds. The molecular weight excluding hydrogens is 252 g/mol. The standard InChI is InChI=1S/C15H30N4O/c1-17(2)12-13-6-5-9-19(13)14(11-16)10-15(20)18-7-3-4-8-18/h13-14H,3-12,16H2,1-2H3. The second-order valence-electron chi connectivity index (χ2n) is 6.48. The lowest BCUT2D eigenvalue weighted by Crippen LogP contribution is -2.49. The smallest absolute Gasteiger partial charge is 0.224 e. The number of likely N-dealkylation sites (tertiary alicyclic amines) is 2. The summed E-state index contributed by atoms with van der Waals surface area (Å²) >= 11 is 0. The van der Waals surface area contributed by atoms with Gasteiger partial charge in [-0.1, -0.05) is 0 Å². The first-order valence-corrected chi connectivity index (χ1v) is 8.00. The Kier molecular flexibility index (Phi) is 5.81. The van der Waals surface area contributed by atoms with Crippen LogP contribution in [0.1, 0.15) is 32.1 Å². The minimum absolute atomic E-state index is 0.218. The molecule has 0 radical (unpaired) electrons. The van der Waals surface area contributed by atoms with E-state index in [1.54, 1.807) is 0 Å². The first-order valence-electron chi connectivity index (χ1n) is 8.00. The number of rotatable bonds is 6. The fourth-order valence-electron chi connectivity index (χ4n) is 3.59. The second-order valence-corrected chi connectivity index (χ2v) is 6.48. The lowest BCUT2D eigenvalue weighted by Gasteiger charge is -2.34. The van der Waals surface area contributed by atoms with E-state index < -0.39 is 0 Å². The predicted molar refractivity (Wildman–Crippen MR) is 81.6 cm³/mol. The van der Waals surface area contributed by atoms with Gasteiger partial charge in [-0.25, -0.2) is 0 Å². The van der Waals surface area contributed by atoms with E-state index in [0.29, 0.717) is 24.9 Å². The number of hydrogen-bond acceptors (Lipinski definition) is 4. The van der Waals surface area contributed by atoms with E-state index in [0.717, 1.165) is 39.0 Å². The maximum absolute atomic E-state index is 12.3. The predicted octanol–water partition coefficient (Wildman–Crippen LogP) is 0.352. The van der Waals surface area contributed by atoms with E-state index in [9.17, 15) is 4.79 Å². The van der Waals surface area contributed by atoms with Gasteiger partial charge in [0.25, 0.3) is 0 Å². The summed E-state index contributed by atoms with van der Waals surface area (Å²) in [6.07, 6.45) is 5.37. The van der Waals surface area contributed by atoms with Crippen LogP contribution in [0.5, 0.6) is 0 Å². The third-order valence-corrected chi connectivity index (χ3v) is 4.61. The largest absolute Gasteiger partial charge is 0.343 e. The summed E-state index contributed by atoms with van der Waals surface area (Å²) < 4.78 is 0. The van der Waals surface area contributed by atoms with E-state index in [4.69, 9.17) is 5.73 Å². The molecule has 2 heterocycles. The molecule has 0 aliphatic carbocycles. The van der Waals surface area contributed by atoms with E-state index in [1.165, 1.54) is 12.8 Å². The molecular formula is C15H30N4O. The highest BCUT2D eigenvalue weighted by Gasteiger charge is 2.32. The van der Waals surface area contributed by atoms with Gasteiger partial charge in [-0.15, -0.1) is 0 Å². The molecule has 2 rings (SSSR count). The zero-order chi connectivity index (χ0) is 14.5. The first-order chi connectivity index (χ1) is 9.61. The summed E-state index contributed by atoms with van der Waals surface area (Å²) in [5.74, 6) is 0.299. The molecule has 0 aromatic rings. The lowest BCUT2D eigenvalue weighted by atomic mass is 10.1. The van der Waals surface area contributed by atoms with Crippen LogP contribution in [0.15, 0.2) is 0 Å². The molecule has 2 atom stereocenters. The van der Waals surface area contributed by atoms with Crippen LogP contribution in [0.4, 0.5) is 0 Å². The molecule has 2 N–H and O–H groups in total. The summed E-state index contributed by atoms with van der Waals surface area (Å²) in [5, 5.41) is 0. The van der Waals surface area contributed by atoms with Gasteiger partial charge in [0.2, 0.25) is 5.91 Å². The van der Waals surface area contributed by atoms with Gasteiger partial charge in [0.1, 0.15) is 0 Å². The van der Waals surface area contributed by atoms with Crippen molar-refractivity contribution in [2.24, 2.45) is 5.73 Å². The van der Waals surface area contributed by atoms with Crippen molar-refractivity contribution >= 4 is 5.91 Å². The van der Waals surface area contributed by atoms with Crippen molar-refractivity contribution in [3.05, 3.63) is 0 Å². The van der Waals surface area contributed by atoms with Gasteiger partial charge in [-0.2, -0.15) is 0 Å². The molecule has 2 saturated heterocycles. The molecule has 116 valence electrons. The van der Waals surface area contributed by atoms with Crippen LogP contribution in [0, 0.1) is 0 Å². The van der Waals surface area contributed by atoms with Gasteiger partial charge in [-0.3, -0.25) is 9.69 Å². The zero-order valence-electron chi connectivity index (χ0n) is 13.1. The Morgan fingerprint density at radius 1 is 1.25 bits per heavy atom. The molecule has 5 heteroatoms. The van der Waals surface area contributed by atoms with Gasteiger partial charge in [0.05, 0.1) is 0 Å². The minimum atomic E-state index is 0.218. The highest BCUT2D eigenvalue weighted by atomic mass is 16.2. The second kappa shape index (κ2) is 7.38. The monoisotopic (exact) mass is 282 g/mol. The van der Waals surface area contributed by atoms with Crippen LogP contribution in [-0.2, 0) is 4.79 Å². The number of carbonyl (C=O) groups excluding carboxylic acids is 1. The SMILES string of the molecule is CN(C)CC1CCCN1C(CN)CC(=O)N1CCCC1. The molecule has 2 aliphatic rings. The third kappa shape index (κ3) is 3.93. The topological polar surface area (TPSA) is 52.8 Å². The Morgan fingerprint density at radius 3 is 2.55 bits per heavy atom. The van der Waals surface area contributed by atoms with Gasteiger partial charge >= 0.3 is 0 Å². The van der Waals surface area contributed by atoms with Crippen molar-refractivity contribution < 1.29 is 4.79 Å². The summed E-state index contributed by atoms with van der Waals surface area (Å²) in [7, 11) is 4.23. The van der Waals surface area contributed by atoms with Crippen LogP contribution in [0.2, 0.25) is 0 Å².